The van der Waals surface area contributed by atoms with Crippen molar-refractivity contribution in [3.63, 3.8) is 0 Å². The molecule has 3 rings (SSSR count). The minimum absolute atomic E-state index is 0.0364. The molecule has 25 heavy (non-hydrogen) atoms. The second kappa shape index (κ2) is 8.23. The number of carbonyl (C=O) groups excluding carboxylic acids is 1. The molecule has 0 bridgehead atoms. The fourth-order valence-corrected chi connectivity index (χ4v) is 2.59. The summed E-state index contributed by atoms with van der Waals surface area (Å²) in [6.45, 7) is 3.73. The lowest BCUT2D eigenvalue weighted by Gasteiger charge is -2.07. The van der Waals surface area contributed by atoms with Crippen molar-refractivity contribution in [2.75, 3.05) is 18.4 Å². The molecular weight excluding hydrogens is 316 g/mol. The molecule has 0 saturated heterocycles. The third kappa shape index (κ3) is 4.32. The average Bonchev–Trinajstić information content (AvgIpc) is 3.06. The fraction of sp³-hybridized carbons (Fsp3) is 0.333. The zero-order chi connectivity index (χ0) is 17.5. The van der Waals surface area contributed by atoms with Gasteiger partial charge in [-0.1, -0.05) is 37.3 Å². The third-order valence-corrected chi connectivity index (χ3v) is 3.95. The molecule has 130 valence electrons. The summed E-state index contributed by atoms with van der Waals surface area (Å²) in [5.74, 6) is 0.819. The van der Waals surface area contributed by atoms with Crippen molar-refractivity contribution in [2.24, 2.45) is 0 Å². The molecule has 0 atom stereocenters. The van der Waals surface area contributed by atoms with Crippen LogP contribution >= 0.6 is 0 Å². The van der Waals surface area contributed by atoms with Gasteiger partial charge in [-0.3, -0.25) is 4.79 Å². The van der Waals surface area contributed by atoms with Crippen molar-refractivity contribution < 1.29 is 4.79 Å². The van der Waals surface area contributed by atoms with Crippen molar-refractivity contribution >= 4 is 22.8 Å². The largest absolute Gasteiger partial charge is 0.369 e. The molecule has 0 saturated carbocycles. The van der Waals surface area contributed by atoms with Gasteiger partial charge in [-0.2, -0.15) is 5.10 Å². The lowest BCUT2D eigenvalue weighted by Crippen LogP contribution is -2.26. The van der Waals surface area contributed by atoms with E-state index in [1.165, 1.54) is 11.9 Å². The van der Waals surface area contributed by atoms with Crippen LogP contribution in [0.15, 0.2) is 42.9 Å². The van der Waals surface area contributed by atoms with Crippen molar-refractivity contribution in [1.82, 2.24) is 25.1 Å². The molecule has 7 heteroatoms. The van der Waals surface area contributed by atoms with E-state index in [1.54, 1.807) is 10.9 Å². The van der Waals surface area contributed by atoms with Crippen LogP contribution in [0.4, 0.5) is 5.82 Å². The molecule has 1 aromatic carbocycles. The molecule has 1 amide bonds. The maximum atomic E-state index is 11.3. The van der Waals surface area contributed by atoms with Crippen LogP contribution in [0.3, 0.4) is 0 Å². The molecule has 0 spiro atoms. The van der Waals surface area contributed by atoms with Crippen LogP contribution < -0.4 is 10.6 Å². The summed E-state index contributed by atoms with van der Waals surface area (Å²) < 4.78 is 1.79. The number of fused-ring (bicyclic) bond motifs is 1. The van der Waals surface area contributed by atoms with Gasteiger partial charge in [0.1, 0.15) is 12.1 Å². The summed E-state index contributed by atoms with van der Waals surface area (Å²) in [6, 6.07) is 10.3. The average molecular weight is 338 g/mol. The van der Waals surface area contributed by atoms with Crippen molar-refractivity contribution in [3.05, 3.63) is 48.4 Å². The number of anilines is 1. The topological polar surface area (TPSA) is 84.7 Å². The highest BCUT2D eigenvalue weighted by atomic mass is 16.1. The van der Waals surface area contributed by atoms with Crippen LogP contribution in [0, 0.1) is 0 Å². The SMILES string of the molecule is CCC(=O)NCCn1ncc2c(NCCc3ccccc3)ncnc21. The highest BCUT2D eigenvalue weighted by Gasteiger charge is 2.09. The Kier molecular flexibility index (Phi) is 5.56. The maximum Gasteiger partial charge on any atom is 0.219 e. The predicted molar refractivity (Wildman–Crippen MR) is 97.3 cm³/mol. The molecule has 0 radical (unpaired) electrons. The summed E-state index contributed by atoms with van der Waals surface area (Å²) in [6.07, 6.45) is 4.71. The zero-order valence-corrected chi connectivity index (χ0v) is 14.3. The van der Waals surface area contributed by atoms with Gasteiger partial charge in [-0.05, 0) is 12.0 Å². The molecule has 7 nitrogen and oxygen atoms in total. The molecule has 0 fully saturated rings. The van der Waals surface area contributed by atoms with Crippen LogP contribution in [-0.4, -0.2) is 38.7 Å². The number of aromatic nitrogens is 4. The van der Waals surface area contributed by atoms with Gasteiger partial charge < -0.3 is 10.6 Å². The Morgan fingerprint density at radius 3 is 2.80 bits per heavy atom. The molecular formula is C18H22N6O. The Labute approximate surface area is 146 Å². The van der Waals surface area contributed by atoms with E-state index in [-0.39, 0.29) is 5.91 Å². The van der Waals surface area contributed by atoms with E-state index in [1.807, 2.05) is 25.1 Å². The first-order valence-corrected chi connectivity index (χ1v) is 8.49. The summed E-state index contributed by atoms with van der Waals surface area (Å²) in [7, 11) is 0. The van der Waals surface area contributed by atoms with E-state index >= 15 is 0 Å². The predicted octanol–water partition coefficient (Wildman–Crippen LogP) is 2.01. The smallest absolute Gasteiger partial charge is 0.219 e. The second-order valence-electron chi connectivity index (χ2n) is 5.69. The maximum absolute atomic E-state index is 11.3. The van der Waals surface area contributed by atoms with Gasteiger partial charge in [-0.25, -0.2) is 14.6 Å². The molecule has 0 aliphatic rings. The molecule has 3 aromatic rings. The minimum atomic E-state index is 0.0364. The lowest BCUT2D eigenvalue weighted by molar-refractivity contribution is -0.120. The number of hydrogen-bond donors (Lipinski definition) is 2. The van der Waals surface area contributed by atoms with Gasteiger partial charge in [0.25, 0.3) is 0 Å². The van der Waals surface area contributed by atoms with Crippen LogP contribution in [0.5, 0.6) is 0 Å². The normalized spacial score (nSPS) is 10.8. The monoisotopic (exact) mass is 338 g/mol. The summed E-state index contributed by atoms with van der Waals surface area (Å²) in [5, 5.41) is 11.5. The molecule has 2 heterocycles. The Hall–Kier alpha value is -2.96. The number of hydrogen-bond acceptors (Lipinski definition) is 5. The zero-order valence-electron chi connectivity index (χ0n) is 14.3. The summed E-state index contributed by atoms with van der Waals surface area (Å²) >= 11 is 0. The molecule has 0 aliphatic heterocycles. The molecule has 0 unspecified atom stereocenters. The van der Waals surface area contributed by atoms with E-state index in [0.717, 1.165) is 29.8 Å². The number of carbonyl (C=O) groups is 1. The van der Waals surface area contributed by atoms with Gasteiger partial charge in [0.15, 0.2) is 5.65 Å². The highest BCUT2D eigenvalue weighted by molar-refractivity contribution is 5.86. The Balaban J connectivity index is 1.63. The van der Waals surface area contributed by atoms with Gasteiger partial charge >= 0.3 is 0 Å². The van der Waals surface area contributed by atoms with Gasteiger partial charge in [0, 0.05) is 19.5 Å². The molecule has 2 N–H and O–H groups in total. The lowest BCUT2D eigenvalue weighted by atomic mass is 10.1. The first-order valence-electron chi connectivity index (χ1n) is 8.49. The van der Waals surface area contributed by atoms with Gasteiger partial charge in [-0.15, -0.1) is 0 Å². The molecule has 0 aliphatic carbocycles. The number of amides is 1. The van der Waals surface area contributed by atoms with E-state index in [4.69, 9.17) is 0 Å². The van der Waals surface area contributed by atoms with Crippen molar-refractivity contribution in [3.8, 4) is 0 Å². The Morgan fingerprint density at radius 2 is 2.00 bits per heavy atom. The Bertz CT molecular complexity index is 830. The van der Waals surface area contributed by atoms with Crippen molar-refractivity contribution in [1.29, 1.82) is 0 Å². The first kappa shape index (κ1) is 16.9. The fourth-order valence-electron chi connectivity index (χ4n) is 2.59. The molecule has 2 aromatic heterocycles. The standard InChI is InChI=1S/C18H22N6O/c1-2-16(25)19-10-11-24-18-15(12-23-24)17(21-13-22-18)20-9-8-14-6-4-3-5-7-14/h3-7,12-13H,2,8-11H2,1H3,(H,19,25)(H,20,21,22). The quantitative estimate of drug-likeness (QED) is 0.656. The van der Waals surface area contributed by atoms with E-state index in [0.29, 0.717) is 19.5 Å². The summed E-state index contributed by atoms with van der Waals surface area (Å²) in [5.41, 5.74) is 2.05. The Morgan fingerprint density at radius 1 is 1.16 bits per heavy atom. The van der Waals surface area contributed by atoms with E-state index in [2.05, 4.69) is 37.8 Å². The van der Waals surface area contributed by atoms with Crippen molar-refractivity contribution in [2.45, 2.75) is 26.3 Å². The van der Waals surface area contributed by atoms with Gasteiger partial charge in [0.05, 0.1) is 18.1 Å². The second-order valence-corrected chi connectivity index (χ2v) is 5.69. The highest BCUT2D eigenvalue weighted by Crippen LogP contribution is 2.18. The van der Waals surface area contributed by atoms with E-state index in [9.17, 15) is 4.79 Å². The van der Waals surface area contributed by atoms with Gasteiger partial charge in [0.2, 0.25) is 5.91 Å². The minimum Gasteiger partial charge on any atom is -0.369 e. The first-order chi connectivity index (χ1) is 12.3. The number of benzene rings is 1. The summed E-state index contributed by atoms with van der Waals surface area (Å²) in [4.78, 5) is 20.0. The van der Waals surface area contributed by atoms with Crippen LogP contribution in [0.1, 0.15) is 18.9 Å². The van der Waals surface area contributed by atoms with Crippen LogP contribution in [0.2, 0.25) is 0 Å². The van der Waals surface area contributed by atoms with E-state index < -0.39 is 0 Å². The third-order valence-electron chi connectivity index (χ3n) is 3.95. The van der Waals surface area contributed by atoms with Crippen LogP contribution in [-0.2, 0) is 17.8 Å². The number of nitrogens with one attached hydrogen (secondary N) is 2. The number of rotatable bonds is 8. The van der Waals surface area contributed by atoms with Crippen LogP contribution in [0.25, 0.3) is 11.0 Å². The number of nitrogens with zero attached hydrogens (tertiary/aromatic N) is 4.